The van der Waals surface area contributed by atoms with E-state index in [4.69, 9.17) is 4.79 Å². The zero-order chi connectivity index (χ0) is 14.9. The van der Waals surface area contributed by atoms with Crippen molar-refractivity contribution in [3.05, 3.63) is 84.9 Å². The number of carbonyl (C=O) groups is 1. The monoisotopic (exact) mass is 287 g/mol. The van der Waals surface area contributed by atoms with Crippen molar-refractivity contribution in [1.29, 1.82) is 0 Å². The van der Waals surface area contributed by atoms with E-state index < -0.39 is 0 Å². The van der Waals surface area contributed by atoms with E-state index in [1.807, 2.05) is 0 Å². The molecule has 3 radical (unpaired) electrons. The van der Waals surface area contributed by atoms with Gasteiger partial charge in [0.15, 0.2) is 0 Å². The van der Waals surface area contributed by atoms with E-state index in [0.717, 1.165) is 0 Å². The quantitative estimate of drug-likeness (QED) is 0.505. The Balaban J connectivity index is 0.000000497. The summed E-state index contributed by atoms with van der Waals surface area (Å²) in [6.07, 6.45) is 0. The smallest absolute Gasteiger partial charge is 0.121 e. The summed E-state index contributed by atoms with van der Waals surface area (Å²) in [5.41, 5.74) is 5.09. The predicted octanol–water partition coefficient (Wildman–Crippen LogP) is 4.37. The standard InChI is InChI=1S/C18H14.CHOSi/c1-3-9-15(10-4-1)17-13-7-8-14-18(17)16-11-5-2-6-12-16;2-1-3/h1-14H;1H. The zero-order valence-corrected chi connectivity index (χ0v) is 12.6. The molecule has 0 heterocycles. The van der Waals surface area contributed by atoms with Crippen LogP contribution < -0.4 is 0 Å². The first kappa shape index (κ1) is 14.9. The van der Waals surface area contributed by atoms with Gasteiger partial charge in [0.05, 0.1) is 5.91 Å². The van der Waals surface area contributed by atoms with Crippen LogP contribution in [0.1, 0.15) is 0 Å². The fraction of sp³-hybridized carbons (Fsp3) is 0. The first-order valence-corrected chi connectivity index (χ1v) is 7.25. The third-order valence-electron chi connectivity index (χ3n) is 3.10. The molecule has 0 unspecified atom stereocenters. The number of rotatable bonds is 2. The summed E-state index contributed by atoms with van der Waals surface area (Å²) >= 11 is 0. The Bertz CT molecular complexity index is 620. The molecule has 0 spiro atoms. The van der Waals surface area contributed by atoms with Crippen LogP contribution in [0.2, 0.25) is 0 Å². The second-order valence-corrected chi connectivity index (χ2v) is 4.63. The summed E-state index contributed by atoms with van der Waals surface area (Å²) in [4.78, 5) is 8.72. The molecule has 2 heteroatoms. The maximum atomic E-state index is 8.72. The molecular weight excluding hydrogens is 272 g/mol. The van der Waals surface area contributed by atoms with Crippen molar-refractivity contribution in [2.45, 2.75) is 0 Å². The van der Waals surface area contributed by atoms with Gasteiger partial charge in [0, 0.05) is 0 Å². The summed E-state index contributed by atoms with van der Waals surface area (Å²) in [5, 5.41) is 0. The van der Waals surface area contributed by atoms with Crippen molar-refractivity contribution in [1.82, 2.24) is 0 Å². The van der Waals surface area contributed by atoms with Crippen molar-refractivity contribution in [3.63, 3.8) is 0 Å². The van der Waals surface area contributed by atoms with E-state index in [-0.39, 0.29) is 0 Å². The van der Waals surface area contributed by atoms with Crippen LogP contribution in [0.4, 0.5) is 0 Å². The first-order chi connectivity index (χ1) is 10.4. The Morgan fingerprint density at radius 1 is 0.571 bits per heavy atom. The van der Waals surface area contributed by atoms with Crippen LogP contribution in [0, 0.1) is 0 Å². The molecule has 101 valence electrons. The Morgan fingerprint density at radius 2 is 0.857 bits per heavy atom. The molecule has 0 amide bonds. The molecule has 21 heavy (non-hydrogen) atoms. The molecule has 0 aliphatic rings. The SMILES string of the molecule is O=C[Si].c1ccc(-c2ccccc2-c2ccccc2)cc1. The molecule has 3 aromatic rings. The highest BCUT2D eigenvalue weighted by molar-refractivity contribution is 6.48. The molecular formula is C19H15OSi. The van der Waals surface area contributed by atoms with E-state index in [1.165, 1.54) is 22.3 Å². The molecule has 0 N–H and O–H groups in total. The molecule has 0 bridgehead atoms. The van der Waals surface area contributed by atoms with Crippen LogP contribution in [0.5, 0.6) is 0 Å². The third-order valence-corrected chi connectivity index (χ3v) is 3.10. The van der Waals surface area contributed by atoms with Gasteiger partial charge in [0.1, 0.15) is 10.2 Å². The first-order valence-electron chi connectivity index (χ1n) is 6.67. The number of carbonyl (C=O) groups excluding carboxylic acids is 1. The van der Waals surface area contributed by atoms with E-state index >= 15 is 0 Å². The van der Waals surface area contributed by atoms with Gasteiger partial charge in [-0.25, -0.2) is 0 Å². The largest absolute Gasteiger partial charge is 0.310 e. The van der Waals surface area contributed by atoms with Gasteiger partial charge in [0.25, 0.3) is 0 Å². The van der Waals surface area contributed by atoms with Crippen LogP contribution in [0.3, 0.4) is 0 Å². The summed E-state index contributed by atoms with van der Waals surface area (Å²) in [5.74, 6) is 0.556. The van der Waals surface area contributed by atoms with Gasteiger partial charge in [0.2, 0.25) is 0 Å². The maximum Gasteiger partial charge on any atom is 0.121 e. The van der Waals surface area contributed by atoms with Gasteiger partial charge >= 0.3 is 0 Å². The maximum absolute atomic E-state index is 8.72. The minimum Gasteiger partial charge on any atom is -0.310 e. The highest BCUT2D eigenvalue weighted by Gasteiger charge is 2.05. The molecule has 0 saturated carbocycles. The number of hydrogen-bond acceptors (Lipinski definition) is 1. The normalized spacial score (nSPS) is 9.38. The van der Waals surface area contributed by atoms with Crippen molar-refractivity contribution >= 4 is 16.2 Å². The van der Waals surface area contributed by atoms with E-state index in [2.05, 4.69) is 95.2 Å². The number of benzene rings is 3. The van der Waals surface area contributed by atoms with Gasteiger partial charge in [-0.3, -0.25) is 0 Å². The second-order valence-electron chi connectivity index (χ2n) is 4.40. The average molecular weight is 287 g/mol. The lowest BCUT2D eigenvalue weighted by atomic mass is 9.95. The van der Waals surface area contributed by atoms with Gasteiger partial charge < -0.3 is 4.79 Å². The van der Waals surface area contributed by atoms with Crippen molar-refractivity contribution < 1.29 is 4.79 Å². The van der Waals surface area contributed by atoms with Crippen LogP contribution in [0.25, 0.3) is 22.3 Å². The van der Waals surface area contributed by atoms with Crippen LogP contribution in [-0.4, -0.2) is 16.2 Å². The van der Waals surface area contributed by atoms with Gasteiger partial charge in [-0.2, -0.15) is 0 Å². The molecule has 3 aromatic carbocycles. The van der Waals surface area contributed by atoms with Gasteiger partial charge in [-0.15, -0.1) is 0 Å². The molecule has 0 fully saturated rings. The van der Waals surface area contributed by atoms with Crippen molar-refractivity contribution in [2.75, 3.05) is 0 Å². The Labute approximate surface area is 128 Å². The molecule has 3 rings (SSSR count). The fourth-order valence-electron chi connectivity index (χ4n) is 2.22. The molecule has 0 aliphatic heterocycles. The van der Waals surface area contributed by atoms with Crippen LogP contribution >= 0.6 is 0 Å². The molecule has 1 nitrogen and oxygen atoms in total. The van der Waals surface area contributed by atoms with Crippen molar-refractivity contribution in [2.24, 2.45) is 0 Å². The van der Waals surface area contributed by atoms with E-state index in [9.17, 15) is 0 Å². The predicted molar refractivity (Wildman–Crippen MR) is 89.8 cm³/mol. The Hall–Kier alpha value is -2.45. The van der Waals surface area contributed by atoms with Crippen LogP contribution in [-0.2, 0) is 4.79 Å². The third kappa shape index (κ3) is 4.00. The van der Waals surface area contributed by atoms with Gasteiger partial charge in [-0.05, 0) is 22.3 Å². The fourth-order valence-corrected chi connectivity index (χ4v) is 2.22. The topological polar surface area (TPSA) is 17.1 Å². The van der Waals surface area contributed by atoms with Crippen LogP contribution in [0.15, 0.2) is 84.9 Å². The minimum atomic E-state index is 0.556. The number of hydrogen-bond donors (Lipinski definition) is 0. The Morgan fingerprint density at radius 3 is 1.19 bits per heavy atom. The summed E-state index contributed by atoms with van der Waals surface area (Å²) in [6.45, 7) is 0. The minimum absolute atomic E-state index is 0.556. The second kappa shape index (κ2) is 7.97. The Kier molecular flexibility index (Phi) is 5.67. The highest BCUT2D eigenvalue weighted by atomic mass is 28.1. The molecule has 0 saturated heterocycles. The summed E-state index contributed by atoms with van der Waals surface area (Å²) in [7, 11) is 2.50. The summed E-state index contributed by atoms with van der Waals surface area (Å²) in [6, 6.07) is 29.6. The average Bonchev–Trinajstić information content (AvgIpc) is 2.57. The summed E-state index contributed by atoms with van der Waals surface area (Å²) < 4.78 is 0. The van der Waals surface area contributed by atoms with E-state index in [0.29, 0.717) is 5.91 Å². The molecule has 0 aromatic heterocycles. The van der Waals surface area contributed by atoms with Crippen molar-refractivity contribution in [3.8, 4) is 22.3 Å². The van der Waals surface area contributed by atoms with Gasteiger partial charge in [-0.1, -0.05) is 84.9 Å². The molecule has 0 aliphatic carbocycles. The highest BCUT2D eigenvalue weighted by Crippen LogP contribution is 2.31. The zero-order valence-electron chi connectivity index (χ0n) is 11.6. The lowest BCUT2D eigenvalue weighted by Crippen LogP contribution is -1.83. The lowest BCUT2D eigenvalue weighted by Gasteiger charge is -2.09. The van der Waals surface area contributed by atoms with E-state index in [1.54, 1.807) is 0 Å². The molecule has 0 atom stereocenters. The lowest BCUT2D eigenvalue weighted by molar-refractivity contribution is 0.569.